The summed E-state index contributed by atoms with van der Waals surface area (Å²) in [7, 11) is 0. The summed E-state index contributed by atoms with van der Waals surface area (Å²) in [6.07, 6.45) is 1.86. The van der Waals surface area contributed by atoms with Crippen molar-refractivity contribution in [2.75, 3.05) is 11.9 Å². The highest BCUT2D eigenvalue weighted by atomic mass is 19.1. The van der Waals surface area contributed by atoms with Gasteiger partial charge in [0.05, 0.1) is 6.54 Å². The van der Waals surface area contributed by atoms with Crippen LogP contribution in [0.3, 0.4) is 0 Å². The Morgan fingerprint density at radius 3 is 2.66 bits per heavy atom. The maximum atomic E-state index is 13.2. The molecule has 0 unspecified atom stereocenters. The predicted molar refractivity (Wildman–Crippen MR) is 108 cm³/mol. The Hall–Kier alpha value is -3.42. The smallest absolute Gasteiger partial charge is 0.336 e. The van der Waals surface area contributed by atoms with E-state index in [4.69, 9.17) is 0 Å². The minimum atomic E-state index is -0.343. The van der Waals surface area contributed by atoms with Crippen molar-refractivity contribution >= 4 is 11.7 Å². The SMILES string of the molecule is Cc1cccc(NC(=O)NCCn2nc(-c3ccc(F)cc3)n(C3CC3)c2=O)c1. The van der Waals surface area contributed by atoms with Crippen LogP contribution in [0.5, 0.6) is 0 Å². The number of carbonyl (C=O) groups excluding carboxylic acids is 1. The number of rotatable bonds is 6. The second-order valence-corrected chi connectivity index (χ2v) is 7.19. The second-order valence-electron chi connectivity index (χ2n) is 7.19. The standard InChI is InChI=1S/C21H22FN5O2/c1-14-3-2-4-17(13-14)24-20(28)23-11-12-26-21(29)27(18-9-10-18)19(25-26)15-5-7-16(22)8-6-15/h2-8,13,18H,9-12H2,1H3,(H2,23,24,28). The van der Waals surface area contributed by atoms with Gasteiger partial charge in [0.15, 0.2) is 5.82 Å². The van der Waals surface area contributed by atoms with Gasteiger partial charge in [-0.15, -0.1) is 5.10 Å². The van der Waals surface area contributed by atoms with Gasteiger partial charge in [-0.05, 0) is 61.7 Å². The van der Waals surface area contributed by atoms with Crippen LogP contribution in [0.25, 0.3) is 11.4 Å². The molecule has 2 aromatic carbocycles. The molecule has 7 nitrogen and oxygen atoms in total. The van der Waals surface area contributed by atoms with E-state index in [9.17, 15) is 14.0 Å². The van der Waals surface area contributed by atoms with Crippen molar-refractivity contribution in [2.24, 2.45) is 0 Å². The third kappa shape index (κ3) is 4.37. The Labute approximate surface area is 167 Å². The molecule has 0 saturated heterocycles. The molecule has 0 spiro atoms. The summed E-state index contributed by atoms with van der Waals surface area (Å²) < 4.78 is 16.3. The van der Waals surface area contributed by atoms with Gasteiger partial charge in [0.2, 0.25) is 0 Å². The zero-order valence-electron chi connectivity index (χ0n) is 16.1. The van der Waals surface area contributed by atoms with Gasteiger partial charge in [0.25, 0.3) is 0 Å². The molecule has 0 bridgehead atoms. The van der Waals surface area contributed by atoms with Gasteiger partial charge in [0, 0.05) is 23.8 Å². The lowest BCUT2D eigenvalue weighted by Gasteiger charge is -2.07. The average molecular weight is 395 g/mol. The molecule has 0 aliphatic heterocycles. The number of aromatic nitrogens is 3. The fraction of sp³-hybridized carbons (Fsp3) is 0.286. The van der Waals surface area contributed by atoms with Crippen molar-refractivity contribution < 1.29 is 9.18 Å². The molecule has 29 heavy (non-hydrogen) atoms. The van der Waals surface area contributed by atoms with E-state index in [0.29, 0.717) is 17.1 Å². The normalized spacial score (nSPS) is 13.3. The maximum Gasteiger partial charge on any atom is 0.346 e. The largest absolute Gasteiger partial charge is 0.346 e. The van der Waals surface area contributed by atoms with Crippen molar-refractivity contribution in [3.05, 3.63) is 70.4 Å². The third-order valence-electron chi connectivity index (χ3n) is 4.77. The topological polar surface area (TPSA) is 81.0 Å². The molecule has 2 amide bonds. The Morgan fingerprint density at radius 1 is 1.21 bits per heavy atom. The van der Waals surface area contributed by atoms with Crippen LogP contribution in [0.2, 0.25) is 0 Å². The fourth-order valence-corrected chi connectivity index (χ4v) is 3.20. The summed E-state index contributed by atoms with van der Waals surface area (Å²) in [6.45, 7) is 2.44. The van der Waals surface area contributed by atoms with E-state index in [1.807, 2.05) is 31.2 Å². The van der Waals surface area contributed by atoms with Crippen LogP contribution in [-0.2, 0) is 6.54 Å². The van der Waals surface area contributed by atoms with Gasteiger partial charge in [-0.2, -0.15) is 0 Å². The molecular weight excluding hydrogens is 373 g/mol. The molecule has 150 valence electrons. The molecule has 4 rings (SSSR count). The first-order chi connectivity index (χ1) is 14.0. The molecule has 0 radical (unpaired) electrons. The third-order valence-corrected chi connectivity index (χ3v) is 4.77. The van der Waals surface area contributed by atoms with Gasteiger partial charge < -0.3 is 10.6 Å². The van der Waals surface area contributed by atoms with Gasteiger partial charge in [-0.1, -0.05) is 12.1 Å². The number of urea groups is 1. The van der Waals surface area contributed by atoms with Gasteiger partial charge in [-0.3, -0.25) is 4.57 Å². The van der Waals surface area contributed by atoms with Crippen LogP contribution >= 0.6 is 0 Å². The van der Waals surface area contributed by atoms with E-state index in [-0.39, 0.29) is 36.7 Å². The molecule has 1 fully saturated rings. The van der Waals surface area contributed by atoms with Crippen LogP contribution in [0, 0.1) is 12.7 Å². The maximum absolute atomic E-state index is 13.2. The predicted octanol–water partition coefficient (Wildman–Crippen LogP) is 3.32. The zero-order valence-corrected chi connectivity index (χ0v) is 16.1. The first-order valence-corrected chi connectivity index (χ1v) is 9.58. The van der Waals surface area contributed by atoms with E-state index in [2.05, 4.69) is 15.7 Å². The van der Waals surface area contributed by atoms with E-state index >= 15 is 0 Å². The van der Waals surface area contributed by atoms with Gasteiger partial charge in [0.1, 0.15) is 5.82 Å². The molecule has 1 aliphatic carbocycles. The highest BCUT2D eigenvalue weighted by Gasteiger charge is 2.30. The number of amides is 2. The Kier molecular flexibility index (Phi) is 5.16. The monoisotopic (exact) mass is 395 g/mol. The molecular formula is C21H22FN5O2. The number of benzene rings is 2. The number of halogens is 1. The highest BCUT2D eigenvalue weighted by Crippen LogP contribution is 2.36. The van der Waals surface area contributed by atoms with Gasteiger partial charge >= 0.3 is 11.7 Å². The van der Waals surface area contributed by atoms with Crippen molar-refractivity contribution in [3.63, 3.8) is 0 Å². The van der Waals surface area contributed by atoms with E-state index in [1.54, 1.807) is 16.7 Å². The molecule has 1 aliphatic rings. The second kappa shape index (κ2) is 7.90. The molecule has 3 aromatic rings. The van der Waals surface area contributed by atoms with Crippen LogP contribution in [0.4, 0.5) is 14.9 Å². The van der Waals surface area contributed by atoms with Gasteiger partial charge in [-0.25, -0.2) is 18.7 Å². The lowest BCUT2D eigenvalue weighted by Crippen LogP contribution is -2.34. The molecule has 0 atom stereocenters. The fourth-order valence-electron chi connectivity index (χ4n) is 3.20. The molecule has 8 heteroatoms. The number of nitrogens with zero attached hydrogens (tertiary/aromatic N) is 3. The minimum Gasteiger partial charge on any atom is -0.336 e. The number of nitrogens with one attached hydrogen (secondary N) is 2. The van der Waals surface area contributed by atoms with E-state index in [0.717, 1.165) is 18.4 Å². The summed E-state index contributed by atoms with van der Waals surface area (Å²) in [6, 6.07) is 13.2. The molecule has 1 heterocycles. The molecule has 1 aromatic heterocycles. The molecule has 2 N–H and O–H groups in total. The van der Waals surface area contributed by atoms with Crippen molar-refractivity contribution in [3.8, 4) is 11.4 Å². The zero-order chi connectivity index (χ0) is 20.4. The quantitative estimate of drug-likeness (QED) is 0.672. The van der Waals surface area contributed by atoms with Crippen LogP contribution < -0.4 is 16.3 Å². The Balaban J connectivity index is 1.44. The molecule has 1 saturated carbocycles. The number of carbonyl (C=O) groups is 1. The Bertz CT molecular complexity index is 1080. The van der Waals surface area contributed by atoms with Crippen molar-refractivity contribution in [1.82, 2.24) is 19.7 Å². The lowest BCUT2D eigenvalue weighted by molar-refractivity contribution is 0.251. The van der Waals surface area contributed by atoms with E-state index in [1.165, 1.54) is 16.8 Å². The van der Waals surface area contributed by atoms with Crippen molar-refractivity contribution in [2.45, 2.75) is 32.4 Å². The number of hydrogen-bond acceptors (Lipinski definition) is 3. The lowest BCUT2D eigenvalue weighted by atomic mass is 10.2. The first kappa shape index (κ1) is 18.9. The average Bonchev–Trinajstić information content (AvgIpc) is 3.47. The van der Waals surface area contributed by atoms with E-state index < -0.39 is 0 Å². The van der Waals surface area contributed by atoms with Crippen LogP contribution in [0.1, 0.15) is 24.4 Å². The Morgan fingerprint density at radius 2 is 1.97 bits per heavy atom. The number of aryl methyl sites for hydroxylation is 1. The summed E-state index contributed by atoms with van der Waals surface area (Å²) in [5, 5.41) is 9.94. The summed E-state index contributed by atoms with van der Waals surface area (Å²) in [5.41, 5.74) is 2.23. The summed E-state index contributed by atoms with van der Waals surface area (Å²) >= 11 is 0. The summed E-state index contributed by atoms with van der Waals surface area (Å²) in [4.78, 5) is 24.8. The summed E-state index contributed by atoms with van der Waals surface area (Å²) in [5.74, 6) is 0.194. The minimum absolute atomic E-state index is 0.133. The first-order valence-electron chi connectivity index (χ1n) is 9.58. The van der Waals surface area contributed by atoms with Crippen molar-refractivity contribution in [1.29, 1.82) is 0 Å². The number of anilines is 1. The number of hydrogen-bond donors (Lipinski definition) is 2. The van der Waals surface area contributed by atoms with Crippen LogP contribution in [-0.4, -0.2) is 26.9 Å². The highest BCUT2D eigenvalue weighted by molar-refractivity contribution is 5.89. The van der Waals surface area contributed by atoms with Crippen LogP contribution in [0.15, 0.2) is 53.3 Å².